The van der Waals surface area contributed by atoms with Crippen LogP contribution in [0.3, 0.4) is 0 Å². The van der Waals surface area contributed by atoms with Gasteiger partial charge in [0.05, 0.1) is 26.4 Å². The van der Waals surface area contributed by atoms with E-state index in [1.807, 2.05) is 0 Å². The lowest BCUT2D eigenvalue weighted by molar-refractivity contribution is 0.160. The Bertz CT molecular complexity index is 213. The lowest BCUT2D eigenvalue weighted by atomic mass is 10.8. The molecule has 0 amide bonds. The van der Waals surface area contributed by atoms with Crippen molar-refractivity contribution in [2.45, 2.75) is 40.0 Å². The molecule has 0 spiro atoms. The molecule has 0 aromatic heterocycles. The summed E-state index contributed by atoms with van der Waals surface area (Å²) in [5.41, 5.74) is 0. The van der Waals surface area contributed by atoms with Gasteiger partial charge in [0.1, 0.15) is 0 Å². The second-order valence-electron chi connectivity index (χ2n) is 5.49. The molecule has 0 aromatic carbocycles. The van der Waals surface area contributed by atoms with E-state index in [1.165, 1.54) is 24.6 Å². The van der Waals surface area contributed by atoms with Crippen LogP contribution in [0, 0.1) is 0 Å². The molecular formula is C18H40O4P2. The van der Waals surface area contributed by atoms with Crippen LogP contribution in [0.5, 0.6) is 0 Å². The minimum atomic E-state index is -0.0584. The van der Waals surface area contributed by atoms with Gasteiger partial charge in [0, 0.05) is 26.4 Å². The lowest BCUT2D eigenvalue weighted by Crippen LogP contribution is -2.16. The van der Waals surface area contributed by atoms with Crippen molar-refractivity contribution in [2.75, 3.05) is 77.5 Å². The van der Waals surface area contributed by atoms with Crippen LogP contribution in [0.2, 0.25) is 0 Å². The van der Waals surface area contributed by atoms with Crippen molar-refractivity contribution < 1.29 is 18.9 Å². The summed E-state index contributed by atoms with van der Waals surface area (Å²) < 4.78 is 22.5. The Kier molecular flexibility index (Phi) is 19.0. The van der Waals surface area contributed by atoms with E-state index in [0.717, 1.165) is 58.3 Å². The predicted molar refractivity (Wildman–Crippen MR) is 109 cm³/mol. The smallest absolute Gasteiger partial charge is 0.0505 e. The second kappa shape index (κ2) is 18.5. The molecule has 6 heteroatoms. The first-order valence-electron chi connectivity index (χ1n) is 9.50. The molecule has 146 valence electrons. The Morgan fingerprint density at radius 2 is 0.792 bits per heavy atom. The first kappa shape index (κ1) is 24.7. The first-order chi connectivity index (χ1) is 11.7. The van der Waals surface area contributed by atoms with Crippen molar-refractivity contribution in [3.63, 3.8) is 0 Å². The zero-order chi connectivity index (χ0) is 18.0. The van der Waals surface area contributed by atoms with Gasteiger partial charge in [0.2, 0.25) is 0 Å². The Labute approximate surface area is 152 Å². The van der Waals surface area contributed by atoms with Crippen LogP contribution >= 0.6 is 15.8 Å². The highest BCUT2D eigenvalue weighted by atomic mass is 31.2. The van der Waals surface area contributed by atoms with E-state index in [9.17, 15) is 0 Å². The topological polar surface area (TPSA) is 36.9 Å². The Morgan fingerprint density at radius 3 is 1.00 bits per heavy atom. The molecule has 0 radical (unpaired) electrons. The molecule has 0 bridgehead atoms. The Morgan fingerprint density at radius 1 is 0.542 bits per heavy atom. The van der Waals surface area contributed by atoms with Crippen LogP contribution in [0.4, 0.5) is 0 Å². The van der Waals surface area contributed by atoms with Crippen molar-refractivity contribution in [2.24, 2.45) is 0 Å². The van der Waals surface area contributed by atoms with Gasteiger partial charge in [0.15, 0.2) is 0 Å². The number of rotatable bonds is 18. The van der Waals surface area contributed by atoms with Crippen LogP contribution in [-0.4, -0.2) is 82.9 Å². The van der Waals surface area contributed by atoms with Crippen molar-refractivity contribution >= 4 is 15.8 Å². The highest BCUT2D eigenvalue weighted by Gasteiger charge is 2.24. The number of hydrogen-bond donors (Lipinski definition) is 0. The minimum absolute atomic E-state index is 0.0584. The molecule has 4 nitrogen and oxygen atoms in total. The number of hydrogen-bond acceptors (Lipinski definition) is 4. The summed E-state index contributed by atoms with van der Waals surface area (Å²) in [5, 5.41) is 0.761. The maximum absolute atomic E-state index is 5.63. The summed E-state index contributed by atoms with van der Waals surface area (Å²) in [6, 6.07) is 0. The SMILES string of the molecule is CCOCCP(CCOCC)C(C)P(CCOCC)CCOCC. The quantitative estimate of drug-likeness (QED) is 0.259. The van der Waals surface area contributed by atoms with Crippen molar-refractivity contribution in [3.05, 3.63) is 0 Å². The Balaban J connectivity index is 4.61. The summed E-state index contributed by atoms with van der Waals surface area (Å²) in [4.78, 5) is 0. The molecule has 0 aromatic rings. The molecule has 0 heterocycles. The second-order valence-corrected chi connectivity index (χ2v) is 11.6. The number of ether oxygens (including phenoxy) is 4. The average Bonchev–Trinajstić information content (AvgIpc) is 2.59. The van der Waals surface area contributed by atoms with Gasteiger partial charge in [-0.2, -0.15) is 0 Å². The van der Waals surface area contributed by atoms with E-state index < -0.39 is 0 Å². The maximum Gasteiger partial charge on any atom is 0.0505 e. The van der Waals surface area contributed by atoms with Crippen molar-refractivity contribution in [1.29, 1.82) is 0 Å². The van der Waals surface area contributed by atoms with Crippen LogP contribution < -0.4 is 0 Å². The zero-order valence-electron chi connectivity index (χ0n) is 16.6. The third kappa shape index (κ3) is 13.0. The molecule has 0 saturated heterocycles. The summed E-state index contributed by atoms with van der Waals surface area (Å²) >= 11 is 0. The van der Waals surface area contributed by atoms with E-state index in [1.54, 1.807) is 0 Å². The van der Waals surface area contributed by atoms with Crippen molar-refractivity contribution in [1.82, 2.24) is 0 Å². The molecular weight excluding hydrogens is 342 g/mol. The lowest BCUT2D eigenvalue weighted by Gasteiger charge is -2.32. The van der Waals surface area contributed by atoms with Gasteiger partial charge in [-0.15, -0.1) is 0 Å². The molecule has 0 aliphatic carbocycles. The maximum atomic E-state index is 5.63. The summed E-state index contributed by atoms with van der Waals surface area (Å²) in [6.07, 6.45) is 4.78. The van der Waals surface area contributed by atoms with Crippen LogP contribution in [0.15, 0.2) is 0 Å². The summed E-state index contributed by atoms with van der Waals surface area (Å²) in [7, 11) is -0.117. The van der Waals surface area contributed by atoms with Gasteiger partial charge >= 0.3 is 0 Å². The fourth-order valence-corrected chi connectivity index (χ4v) is 9.14. The van der Waals surface area contributed by atoms with E-state index in [4.69, 9.17) is 18.9 Å². The largest absolute Gasteiger partial charge is 0.381 e. The summed E-state index contributed by atoms with van der Waals surface area (Å²) in [5.74, 6) is 0. The first-order valence-corrected chi connectivity index (χ1v) is 13.1. The van der Waals surface area contributed by atoms with E-state index in [2.05, 4.69) is 34.6 Å². The standard InChI is InChI=1S/C18H40O4P2/c1-6-19-10-14-23(15-11-20-7-2)18(5)24(16-12-21-8-3)17-13-22-9-4/h18H,6-17H2,1-5H3. The van der Waals surface area contributed by atoms with E-state index >= 15 is 0 Å². The van der Waals surface area contributed by atoms with Gasteiger partial charge in [-0.25, -0.2) is 0 Å². The highest BCUT2D eigenvalue weighted by molar-refractivity contribution is 7.75. The fourth-order valence-electron chi connectivity index (χ4n) is 2.51. The molecule has 0 fully saturated rings. The molecule has 0 aliphatic heterocycles. The van der Waals surface area contributed by atoms with Gasteiger partial charge in [0.25, 0.3) is 0 Å². The van der Waals surface area contributed by atoms with Gasteiger partial charge < -0.3 is 18.9 Å². The van der Waals surface area contributed by atoms with Crippen LogP contribution in [-0.2, 0) is 18.9 Å². The van der Waals surface area contributed by atoms with Gasteiger partial charge in [-0.05, 0) is 57.7 Å². The normalized spacial score (nSPS) is 12.0. The minimum Gasteiger partial charge on any atom is -0.381 e. The molecule has 24 heavy (non-hydrogen) atoms. The van der Waals surface area contributed by atoms with Crippen LogP contribution in [0.25, 0.3) is 0 Å². The molecule has 0 saturated carbocycles. The van der Waals surface area contributed by atoms with E-state index in [-0.39, 0.29) is 15.8 Å². The van der Waals surface area contributed by atoms with Gasteiger partial charge in [-0.3, -0.25) is 0 Å². The molecule has 0 rings (SSSR count). The van der Waals surface area contributed by atoms with Crippen molar-refractivity contribution in [3.8, 4) is 0 Å². The van der Waals surface area contributed by atoms with Crippen LogP contribution in [0.1, 0.15) is 34.6 Å². The third-order valence-electron chi connectivity index (χ3n) is 3.96. The van der Waals surface area contributed by atoms with E-state index in [0.29, 0.717) is 0 Å². The fraction of sp³-hybridized carbons (Fsp3) is 1.00. The zero-order valence-corrected chi connectivity index (χ0v) is 18.4. The third-order valence-corrected chi connectivity index (χ3v) is 11.1. The highest BCUT2D eigenvalue weighted by Crippen LogP contribution is 2.57. The molecule has 0 unspecified atom stereocenters. The van der Waals surface area contributed by atoms with Gasteiger partial charge in [-0.1, -0.05) is 22.8 Å². The molecule has 0 N–H and O–H groups in total. The monoisotopic (exact) mass is 382 g/mol. The Hall–Kier alpha value is 0.700. The summed E-state index contributed by atoms with van der Waals surface area (Å²) in [6.45, 7) is 17.5. The average molecular weight is 382 g/mol. The molecule has 0 atom stereocenters. The molecule has 0 aliphatic rings. The predicted octanol–water partition coefficient (Wildman–Crippen LogP) is 4.44.